The molecule has 0 atom stereocenters. The summed E-state index contributed by atoms with van der Waals surface area (Å²) >= 11 is 5.48. The molecule has 0 saturated heterocycles. The van der Waals surface area contributed by atoms with Crippen molar-refractivity contribution >= 4 is 17.3 Å². The standard InChI is InChI=1S/C11H4ClFN4/c12-9-2-1-8(3-10(9)13)17-11(6-16)7(4-14)5-15/h1-3,17H. The van der Waals surface area contributed by atoms with E-state index in [-0.39, 0.29) is 22.0 Å². The van der Waals surface area contributed by atoms with E-state index in [1.165, 1.54) is 12.1 Å². The van der Waals surface area contributed by atoms with Crippen LogP contribution in [-0.4, -0.2) is 0 Å². The van der Waals surface area contributed by atoms with E-state index in [1.54, 1.807) is 18.2 Å². The highest BCUT2D eigenvalue weighted by Gasteiger charge is 2.07. The second kappa shape index (κ2) is 5.51. The largest absolute Gasteiger partial charge is 0.345 e. The maximum atomic E-state index is 13.1. The molecule has 0 unspecified atom stereocenters. The van der Waals surface area contributed by atoms with E-state index in [1.807, 2.05) is 0 Å². The van der Waals surface area contributed by atoms with Crippen LogP contribution >= 0.6 is 11.6 Å². The zero-order chi connectivity index (χ0) is 12.8. The maximum absolute atomic E-state index is 13.1. The van der Waals surface area contributed by atoms with Gasteiger partial charge >= 0.3 is 0 Å². The van der Waals surface area contributed by atoms with E-state index < -0.39 is 5.82 Å². The lowest BCUT2D eigenvalue weighted by atomic mass is 10.2. The monoisotopic (exact) mass is 246 g/mol. The lowest BCUT2D eigenvalue weighted by Crippen LogP contribution is -2.00. The Hall–Kier alpha value is -2.55. The van der Waals surface area contributed by atoms with Crippen LogP contribution in [0.4, 0.5) is 10.1 Å². The summed E-state index contributed by atoms with van der Waals surface area (Å²) in [6, 6.07) is 8.57. The number of anilines is 1. The molecule has 0 amide bonds. The van der Waals surface area contributed by atoms with E-state index in [0.29, 0.717) is 0 Å². The molecule has 1 rings (SSSR count). The maximum Gasteiger partial charge on any atom is 0.163 e. The van der Waals surface area contributed by atoms with Crippen molar-refractivity contribution in [1.29, 1.82) is 15.8 Å². The minimum atomic E-state index is -0.663. The highest BCUT2D eigenvalue weighted by molar-refractivity contribution is 6.30. The van der Waals surface area contributed by atoms with Gasteiger partial charge in [0.15, 0.2) is 5.57 Å². The van der Waals surface area contributed by atoms with E-state index >= 15 is 0 Å². The predicted octanol–water partition coefficient (Wildman–Crippen LogP) is 2.72. The number of halogens is 2. The fourth-order valence-corrected chi connectivity index (χ4v) is 1.12. The topological polar surface area (TPSA) is 83.4 Å². The Morgan fingerprint density at radius 2 is 1.82 bits per heavy atom. The van der Waals surface area contributed by atoms with Crippen LogP contribution in [0.25, 0.3) is 0 Å². The molecule has 17 heavy (non-hydrogen) atoms. The second-order valence-electron chi connectivity index (χ2n) is 2.84. The third kappa shape index (κ3) is 2.95. The predicted molar refractivity (Wildman–Crippen MR) is 58.9 cm³/mol. The number of hydrogen-bond donors (Lipinski definition) is 1. The van der Waals surface area contributed by atoms with Gasteiger partial charge in [0.1, 0.15) is 29.7 Å². The molecule has 4 nitrogen and oxygen atoms in total. The van der Waals surface area contributed by atoms with Gasteiger partial charge in [0, 0.05) is 5.69 Å². The van der Waals surface area contributed by atoms with Crippen LogP contribution in [0.15, 0.2) is 29.5 Å². The number of benzene rings is 1. The fourth-order valence-electron chi connectivity index (χ4n) is 1.00. The average Bonchev–Trinajstić information content (AvgIpc) is 2.33. The van der Waals surface area contributed by atoms with Crippen molar-refractivity contribution < 1.29 is 4.39 Å². The van der Waals surface area contributed by atoms with Crippen molar-refractivity contribution in [3.63, 3.8) is 0 Å². The highest BCUT2D eigenvalue weighted by atomic mass is 35.5. The summed E-state index contributed by atoms with van der Waals surface area (Å²) < 4.78 is 13.1. The van der Waals surface area contributed by atoms with Gasteiger partial charge in [0.05, 0.1) is 5.02 Å². The van der Waals surface area contributed by atoms with Crippen molar-refractivity contribution in [2.24, 2.45) is 0 Å². The van der Waals surface area contributed by atoms with Gasteiger partial charge in [-0.1, -0.05) is 11.6 Å². The Morgan fingerprint density at radius 3 is 2.29 bits per heavy atom. The summed E-state index contributed by atoms with van der Waals surface area (Å²) in [7, 11) is 0. The van der Waals surface area contributed by atoms with Crippen molar-refractivity contribution in [2.75, 3.05) is 5.32 Å². The van der Waals surface area contributed by atoms with Gasteiger partial charge in [-0.2, -0.15) is 15.8 Å². The Kier molecular flexibility index (Phi) is 4.06. The van der Waals surface area contributed by atoms with Crippen molar-refractivity contribution in [2.45, 2.75) is 0 Å². The first-order valence-corrected chi connectivity index (χ1v) is 4.66. The number of rotatable bonds is 2. The number of nitrogens with one attached hydrogen (secondary N) is 1. The zero-order valence-electron chi connectivity index (χ0n) is 8.33. The Bertz CT molecular complexity index is 585. The summed E-state index contributed by atoms with van der Waals surface area (Å²) in [5.74, 6) is -0.663. The smallest absolute Gasteiger partial charge is 0.163 e. The molecule has 1 aromatic carbocycles. The van der Waals surface area contributed by atoms with Gasteiger partial charge in [-0.05, 0) is 18.2 Å². The van der Waals surface area contributed by atoms with Gasteiger partial charge in [-0.25, -0.2) is 4.39 Å². The third-order valence-electron chi connectivity index (χ3n) is 1.77. The van der Waals surface area contributed by atoms with E-state index in [2.05, 4.69) is 5.32 Å². The van der Waals surface area contributed by atoms with Gasteiger partial charge < -0.3 is 5.32 Å². The first-order valence-electron chi connectivity index (χ1n) is 4.29. The number of allylic oxidation sites excluding steroid dienone is 2. The first kappa shape index (κ1) is 12.5. The average molecular weight is 247 g/mol. The van der Waals surface area contributed by atoms with Crippen molar-refractivity contribution in [3.8, 4) is 18.2 Å². The molecule has 6 heteroatoms. The summed E-state index contributed by atoms with van der Waals surface area (Å²) in [6.45, 7) is 0. The number of hydrogen-bond acceptors (Lipinski definition) is 4. The third-order valence-corrected chi connectivity index (χ3v) is 2.08. The molecule has 0 fully saturated rings. The van der Waals surface area contributed by atoms with Crippen LogP contribution in [-0.2, 0) is 0 Å². The fraction of sp³-hybridized carbons (Fsp3) is 0. The normalized spacial score (nSPS) is 8.41. The summed E-state index contributed by atoms with van der Waals surface area (Å²) in [6.07, 6.45) is 0. The molecular formula is C11H4ClFN4. The molecule has 0 aliphatic carbocycles. The van der Waals surface area contributed by atoms with Crippen LogP contribution in [0.5, 0.6) is 0 Å². The molecule has 0 aromatic heterocycles. The van der Waals surface area contributed by atoms with Crippen LogP contribution in [0, 0.1) is 39.8 Å². The molecule has 1 aromatic rings. The quantitative estimate of drug-likeness (QED) is 0.813. The lowest BCUT2D eigenvalue weighted by molar-refractivity contribution is 0.629. The molecule has 0 aliphatic heterocycles. The summed E-state index contributed by atoms with van der Waals surface area (Å²) in [5, 5.41) is 28.3. The van der Waals surface area contributed by atoms with Crippen molar-refractivity contribution in [1.82, 2.24) is 0 Å². The minimum Gasteiger partial charge on any atom is -0.345 e. The SMILES string of the molecule is N#CC(C#N)=C(C#N)Nc1ccc(Cl)c(F)c1. The summed E-state index contributed by atoms with van der Waals surface area (Å²) in [4.78, 5) is 0. The minimum absolute atomic E-state index is 0.0566. The Labute approximate surface area is 102 Å². The lowest BCUT2D eigenvalue weighted by Gasteiger charge is -2.04. The van der Waals surface area contributed by atoms with Crippen LogP contribution in [0.1, 0.15) is 0 Å². The molecule has 0 aliphatic rings. The first-order chi connectivity index (χ1) is 8.12. The molecule has 82 valence electrons. The molecule has 0 bridgehead atoms. The molecule has 0 heterocycles. The van der Waals surface area contributed by atoms with Gasteiger partial charge in [-0.3, -0.25) is 0 Å². The van der Waals surface area contributed by atoms with Gasteiger partial charge in [-0.15, -0.1) is 0 Å². The Balaban J connectivity index is 3.11. The van der Waals surface area contributed by atoms with Crippen molar-refractivity contribution in [3.05, 3.63) is 40.3 Å². The molecule has 0 spiro atoms. The Morgan fingerprint density at radius 1 is 1.18 bits per heavy atom. The van der Waals surface area contributed by atoms with Crippen LogP contribution in [0.3, 0.4) is 0 Å². The molecular weight excluding hydrogens is 243 g/mol. The summed E-state index contributed by atoms with van der Waals surface area (Å²) in [5.41, 5.74) is -0.383. The molecule has 1 N–H and O–H groups in total. The highest BCUT2D eigenvalue weighted by Crippen LogP contribution is 2.20. The zero-order valence-corrected chi connectivity index (χ0v) is 9.09. The van der Waals surface area contributed by atoms with E-state index in [4.69, 9.17) is 27.4 Å². The number of nitrogens with zero attached hydrogens (tertiary/aromatic N) is 3. The van der Waals surface area contributed by atoms with E-state index in [9.17, 15) is 4.39 Å². The number of nitriles is 3. The van der Waals surface area contributed by atoms with Crippen LogP contribution < -0.4 is 5.32 Å². The molecule has 0 saturated carbocycles. The van der Waals surface area contributed by atoms with Gasteiger partial charge in [0.25, 0.3) is 0 Å². The van der Waals surface area contributed by atoms with Gasteiger partial charge in [0.2, 0.25) is 0 Å². The second-order valence-corrected chi connectivity index (χ2v) is 3.25. The molecule has 0 radical (unpaired) electrons. The van der Waals surface area contributed by atoms with Crippen LogP contribution in [0.2, 0.25) is 5.02 Å². The van der Waals surface area contributed by atoms with E-state index in [0.717, 1.165) is 6.07 Å².